The monoisotopic (exact) mass is 427 g/mol. The summed E-state index contributed by atoms with van der Waals surface area (Å²) < 4.78 is 10.4. The first kappa shape index (κ1) is 20.4. The highest BCUT2D eigenvalue weighted by Gasteiger charge is 2.25. The average molecular weight is 428 g/mol. The summed E-state index contributed by atoms with van der Waals surface area (Å²) in [5.41, 5.74) is 1.75. The van der Waals surface area contributed by atoms with Crippen LogP contribution >= 0.6 is 11.6 Å². The van der Waals surface area contributed by atoms with E-state index in [0.717, 1.165) is 31.3 Å². The van der Waals surface area contributed by atoms with Gasteiger partial charge in [-0.25, -0.2) is 4.79 Å². The number of benzene rings is 2. The van der Waals surface area contributed by atoms with E-state index >= 15 is 0 Å². The number of anilines is 1. The van der Waals surface area contributed by atoms with Crippen LogP contribution in [-0.4, -0.2) is 48.2 Å². The molecule has 1 aliphatic heterocycles. The zero-order chi connectivity index (χ0) is 20.9. The fourth-order valence-electron chi connectivity index (χ4n) is 3.67. The molecule has 0 saturated carbocycles. The number of ether oxygens (including phenoxy) is 1. The van der Waals surface area contributed by atoms with Gasteiger partial charge in [-0.2, -0.15) is 0 Å². The zero-order valence-electron chi connectivity index (χ0n) is 16.3. The standard InChI is InChI=1S/C22H22ClN3O4/c23-18-6-4-15(5-7-18)20(27)16-8-10-26(11-9-16)12-13-29-22(28)25-19-3-1-2-17-14-24-30-21(17)19/h1-7,14,16H,8-13H2,(H,25,28). The molecule has 2 heterocycles. The molecule has 4 rings (SSSR count). The Bertz CT molecular complexity index is 1030. The topological polar surface area (TPSA) is 84.7 Å². The lowest BCUT2D eigenvalue weighted by Crippen LogP contribution is -2.38. The summed E-state index contributed by atoms with van der Waals surface area (Å²) in [7, 11) is 0. The number of halogens is 1. The van der Waals surface area contributed by atoms with Crippen LogP contribution in [0.3, 0.4) is 0 Å². The maximum Gasteiger partial charge on any atom is 0.411 e. The van der Waals surface area contributed by atoms with Crippen molar-refractivity contribution < 1.29 is 18.8 Å². The predicted octanol–water partition coefficient (Wildman–Crippen LogP) is 4.62. The Morgan fingerprint density at radius 3 is 2.70 bits per heavy atom. The van der Waals surface area contributed by atoms with Crippen LogP contribution in [0.25, 0.3) is 11.0 Å². The molecule has 2 aromatic carbocycles. The maximum atomic E-state index is 12.6. The minimum Gasteiger partial charge on any atom is -0.448 e. The van der Waals surface area contributed by atoms with Gasteiger partial charge in [0.15, 0.2) is 11.4 Å². The number of nitrogens with one attached hydrogen (secondary N) is 1. The Labute approximate surface area is 178 Å². The van der Waals surface area contributed by atoms with E-state index in [2.05, 4.69) is 15.4 Å². The number of hydrogen-bond donors (Lipinski definition) is 1. The van der Waals surface area contributed by atoms with Crippen LogP contribution in [0.2, 0.25) is 5.02 Å². The molecule has 1 aromatic heterocycles. The Kier molecular flexibility index (Phi) is 6.30. The van der Waals surface area contributed by atoms with Crippen molar-refractivity contribution in [2.24, 2.45) is 5.92 Å². The van der Waals surface area contributed by atoms with Crippen LogP contribution in [-0.2, 0) is 4.74 Å². The fourth-order valence-corrected chi connectivity index (χ4v) is 3.80. The van der Waals surface area contributed by atoms with Gasteiger partial charge in [-0.1, -0.05) is 22.8 Å². The fraction of sp³-hybridized carbons (Fsp3) is 0.318. The number of carbonyl (C=O) groups is 2. The van der Waals surface area contributed by atoms with Crippen molar-refractivity contribution >= 4 is 40.1 Å². The second-order valence-corrected chi connectivity index (χ2v) is 7.73. The minimum absolute atomic E-state index is 0.0223. The average Bonchev–Trinajstić information content (AvgIpc) is 3.24. The number of aromatic nitrogens is 1. The molecular weight excluding hydrogens is 406 g/mol. The smallest absolute Gasteiger partial charge is 0.411 e. The molecule has 7 nitrogen and oxygen atoms in total. The molecule has 1 amide bonds. The van der Waals surface area contributed by atoms with Crippen LogP contribution < -0.4 is 5.32 Å². The number of Topliss-reactive ketones (excluding diaryl/α,β-unsaturated/α-hetero) is 1. The molecule has 1 saturated heterocycles. The number of piperidine rings is 1. The molecule has 0 bridgehead atoms. The van der Waals surface area contributed by atoms with Crippen LogP contribution in [0.4, 0.5) is 10.5 Å². The van der Waals surface area contributed by atoms with Crippen LogP contribution in [0.5, 0.6) is 0 Å². The summed E-state index contributed by atoms with van der Waals surface area (Å²) in [4.78, 5) is 26.9. The van der Waals surface area contributed by atoms with E-state index in [1.807, 2.05) is 12.1 Å². The molecule has 3 aromatic rings. The molecule has 30 heavy (non-hydrogen) atoms. The maximum absolute atomic E-state index is 12.6. The molecule has 0 aliphatic carbocycles. The summed E-state index contributed by atoms with van der Waals surface area (Å²) in [5.74, 6) is 0.192. The predicted molar refractivity (Wildman–Crippen MR) is 114 cm³/mol. The molecule has 0 atom stereocenters. The van der Waals surface area contributed by atoms with Gasteiger partial charge in [-0.05, 0) is 62.3 Å². The quantitative estimate of drug-likeness (QED) is 0.577. The second-order valence-electron chi connectivity index (χ2n) is 7.30. The van der Waals surface area contributed by atoms with Crippen molar-refractivity contribution in [1.29, 1.82) is 0 Å². The van der Waals surface area contributed by atoms with E-state index in [-0.39, 0.29) is 18.3 Å². The summed E-state index contributed by atoms with van der Waals surface area (Å²) in [6.07, 6.45) is 2.64. The molecular formula is C22H22ClN3O4. The first-order chi connectivity index (χ1) is 14.6. The third kappa shape index (κ3) is 4.80. The van der Waals surface area contributed by atoms with Crippen LogP contribution in [0, 0.1) is 5.92 Å². The lowest BCUT2D eigenvalue weighted by atomic mass is 9.89. The SMILES string of the molecule is O=C(Nc1cccc2cnoc12)OCCN1CCC(C(=O)c2ccc(Cl)cc2)CC1. The van der Waals surface area contributed by atoms with Gasteiger partial charge in [-0.3, -0.25) is 15.0 Å². The number of hydrogen-bond acceptors (Lipinski definition) is 6. The molecule has 0 spiro atoms. The van der Waals surface area contributed by atoms with Gasteiger partial charge in [0.2, 0.25) is 0 Å². The second kappa shape index (κ2) is 9.28. The first-order valence-electron chi connectivity index (χ1n) is 9.89. The highest BCUT2D eigenvalue weighted by atomic mass is 35.5. The molecule has 156 valence electrons. The van der Waals surface area contributed by atoms with E-state index in [0.29, 0.717) is 28.4 Å². The van der Waals surface area contributed by atoms with Gasteiger partial charge in [0.1, 0.15) is 6.61 Å². The van der Waals surface area contributed by atoms with Crippen LogP contribution in [0.15, 0.2) is 53.2 Å². The Hall–Kier alpha value is -2.90. The van der Waals surface area contributed by atoms with Crippen molar-refractivity contribution in [2.75, 3.05) is 31.6 Å². The van der Waals surface area contributed by atoms with E-state index in [4.69, 9.17) is 20.9 Å². The van der Waals surface area contributed by atoms with E-state index in [9.17, 15) is 9.59 Å². The van der Waals surface area contributed by atoms with Gasteiger partial charge in [0.25, 0.3) is 0 Å². The number of likely N-dealkylation sites (tertiary alicyclic amines) is 1. The van der Waals surface area contributed by atoms with Crippen molar-refractivity contribution in [3.63, 3.8) is 0 Å². The van der Waals surface area contributed by atoms with Gasteiger partial charge in [-0.15, -0.1) is 0 Å². The summed E-state index contributed by atoms with van der Waals surface area (Å²) in [5, 5.41) is 7.85. The van der Waals surface area contributed by atoms with E-state index in [1.165, 1.54) is 0 Å². The van der Waals surface area contributed by atoms with Gasteiger partial charge >= 0.3 is 6.09 Å². The third-order valence-electron chi connectivity index (χ3n) is 5.35. The highest BCUT2D eigenvalue weighted by molar-refractivity contribution is 6.30. The molecule has 8 heteroatoms. The lowest BCUT2D eigenvalue weighted by molar-refractivity contribution is 0.0813. The number of amides is 1. The highest BCUT2D eigenvalue weighted by Crippen LogP contribution is 2.24. The largest absolute Gasteiger partial charge is 0.448 e. The normalized spacial score (nSPS) is 15.2. The Balaban J connectivity index is 1.19. The van der Waals surface area contributed by atoms with E-state index < -0.39 is 6.09 Å². The number of ketones is 1. The zero-order valence-corrected chi connectivity index (χ0v) is 17.1. The number of fused-ring (bicyclic) bond motifs is 1. The molecule has 0 unspecified atom stereocenters. The molecule has 1 aliphatic rings. The van der Waals surface area contributed by atoms with Crippen molar-refractivity contribution in [3.05, 3.63) is 59.2 Å². The summed E-state index contributed by atoms with van der Waals surface area (Å²) in [6, 6.07) is 12.4. The van der Waals surface area contributed by atoms with Gasteiger partial charge in [0.05, 0.1) is 11.9 Å². The number of nitrogens with zero attached hydrogens (tertiary/aromatic N) is 2. The lowest BCUT2D eigenvalue weighted by Gasteiger charge is -2.31. The van der Waals surface area contributed by atoms with Crippen molar-refractivity contribution in [3.8, 4) is 0 Å². The number of rotatable bonds is 6. The Morgan fingerprint density at radius 2 is 1.93 bits per heavy atom. The van der Waals surface area contributed by atoms with Gasteiger partial charge < -0.3 is 9.26 Å². The van der Waals surface area contributed by atoms with Gasteiger partial charge in [0, 0.05) is 28.4 Å². The number of carbonyl (C=O) groups excluding carboxylic acids is 2. The first-order valence-corrected chi connectivity index (χ1v) is 10.3. The molecule has 0 radical (unpaired) electrons. The van der Waals surface area contributed by atoms with E-state index in [1.54, 1.807) is 36.5 Å². The molecule has 1 N–H and O–H groups in total. The Morgan fingerprint density at radius 1 is 1.17 bits per heavy atom. The number of para-hydroxylation sites is 1. The minimum atomic E-state index is -0.535. The summed E-state index contributed by atoms with van der Waals surface area (Å²) in [6.45, 7) is 2.49. The third-order valence-corrected chi connectivity index (χ3v) is 5.60. The summed E-state index contributed by atoms with van der Waals surface area (Å²) >= 11 is 5.89. The van der Waals surface area contributed by atoms with Crippen LogP contribution in [0.1, 0.15) is 23.2 Å². The molecule has 1 fully saturated rings. The van der Waals surface area contributed by atoms with Crippen molar-refractivity contribution in [1.82, 2.24) is 10.1 Å². The van der Waals surface area contributed by atoms with Crippen molar-refractivity contribution in [2.45, 2.75) is 12.8 Å².